The smallest absolute Gasteiger partial charge is 0.0414 e. The summed E-state index contributed by atoms with van der Waals surface area (Å²) < 4.78 is 0. The highest BCUT2D eigenvalue weighted by Gasteiger charge is 2.24. The van der Waals surface area contributed by atoms with Gasteiger partial charge in [0, 0.05) is 19.6 Å². The van der Waals surface area contributed by atoms with Crippen LogP contribution in [0.25, 0.3) is 0 Å². The zero-order chi connectivity index (χ0) is 5.40. The Hall–Kier alpha value is -0.0800. The predicted molar refractivity (Wildman–Crippen MR) is 31.7 cm³/mol. The minimum Gasteiger partial charge on any atom is -0.250 e. The summed E-state index contributed by atoms with van der Waals surface area (Å²) in [4.78, 5) is 0. The van der Waals surface area contributed by atoms with Gasteiger partial charge in [-0.2, -0.15) is 0 Å². The maximum absolute atomic E-state index is 3.23. The molecule has 2 bridgehead atoms. The number of nitrogens with zero attached hydrogens (tertiary/aromatic N) is 1. The van der Waals surface area contributed by atoms with E-state index in [1.54, 1.807) is 0 Å². The summed E-state index contributed by atoms with van der Waals surface area (Å²) in [6.07, 6.45) is 2.74. The van der Waals surface area contributed by atoms with Gasteiger partial charge in [0.15, 0.2) is 0 Å². The second-order valence-corrected chi connectivity index (χ2v) is 2.62. The van der Waals surface area contributed by atoms with Crippen molar-refractivity contribution in [1.82, 2.24) is 10.4 Å². The molecule has 1 radical (unpaired) electrons. The lowest BCUT2D eigenvalue weighted by Crippen LogP contribution is -2.49. The van der Waals surface area contributed by atoms with Gasteiger partial charge < -0.3 is 0 Å². The lowest BCUT2D eigenvalue weighted by Gasteiger charge is -2.38. The zero-order valence-corrected chi connectivity index (χ0v) is 4.93. The Bertz CT molecular complexity index is 61.5. The number of rotatable bonds is 0. The molecule has 2 heteroatoms. The fourth-order valence-corrected chi connectivity index (χ4v) is 1.41. The maximum Gasteiger partial charge on any atom is 0.0414 e. The first kappa shape index (κ1) is 4.77. The van der Waals surface area contributed by atoms with Crippen LogP contribution in [0.1, 0.15) is 12.8 Å². The van der Waals surface area contributed by atoms with E-state index in [1.807, 2.05) is 0 Å². The van der Waals surface area contributed by atoms with Gasteiger partial charge in [0.05, 0.1) is 0 Å². The molecule has 0 saturated carbocycles. The van der Waals surface area contributed by atoms with E-state index in [0.29, 0.717) is 0 Å². The lowest BCUT2D eigenvalue weighted by molar-refractivity contribution is 0.0874. The van der Waals surface area contributed by atoms with E-state index in [1.165, 1.54) is 25.9 Å². The molecular weight excluding hydrogens is 100 g/mol. The van der Waals surface area contributed by atoms with Crippen LogP contribution in [0.3, 0.4) is 0 Å². The molecule has 3 aliphatic heterocycles. The number of piperidine rings is 1. The molecule has 3 rings (SSSR count). The number of hydrogen-bond acceptors (Lipinski definition) is 2. The summed E-state index contributed by atoms with van der Waals surface area (Å²) in [5.41, 5.74) is 3.23. The predicted octanol–water partition coefficient (Wildman–Crippen LogP) is 0.378. The van der Waals surface area contributed by atoms with E-state index in [4.69, 9.17) is 0 Å². The van der Waals surface area contributed by atoms with Gasteiger partial charge in [0.25, 0.3) is 0 Å². The summed E-state index contributed by atoms with van der Waals surface area (Å²) in [6, 6.07) is 0. The Morgan fingerprint density at radius 3 is 2.25 bits per heavy atom. The fourth-order valence-electron chi connectivity index (χ4n) is 1.41. The monoisotopic (exact) mass is 111 g/mol. The summed E-state index contributed by atoms with van der Waals surface area (Å²) >= 11 is 0. The van der Waals surface area contributed by atoms with Crippen molar-refractivity contribution in [1.29, 1.82) is 0 Å². The van der Waals surface area contributed by atoms with E-state index in [9.17, 15) is 0 Å². The van der Waals surface area contributed by atoms with Gasteiger partial charge >= 0.3 is 0 Å². The van der Waals surface area contributed by atoms with Crippen LogP contribution in [0.2, 0.25) is 0 Å². The molecule has 0 atom stereocenters. The second-order valence-electron chi connectivity index (χ2n) is 2.62. The second kappa shape index (κ2) is 1.71. The van der Waals surface area contributed by atoms with Gasteiger partial charge in [-0.3, -0.25) is 5.43 Å². The number of nitrogens with one attached hydrogen (secondary N) is 1. The van der Waals surface area contributed by atoms with Gasteiger partial charge in [-0.05, 0) is 18.8 Å². The van der Waals surface area contributed by atoms with Crippen LogP contribution in [-0.4, -0.2) is 18.1 Å². The molecule has 8 heavy (non-hydrogen) atoms. The molecule has 0 spiro atoms. The first-order chi connectivity index (χ1) is 3.95. The molecule has 0 aromatic heterocycles. The van der Waals surface area contributed by atoms with Crippen LogP contribution in [-0.2, 0) is 0 Å². The van der Waals surface area contributed by atoms with Crippen molar-refractivity contribution < 1.29 is 0 Å². The quantitative estimate of drug-likeness (QED) is 0.486. The molecule has 0 amide bonds. The largest absolute Gasteiger partial charge is 0.250 e. The Balaban J connectivity index is 2.03. The average molecular weight is 111 g/mol. The van der Waals surface area contributed by atoms with Crippen molar-refractivity contribution in [2.24, 2.45) is 5.92 Å². The lowest BCUT2D eigenvalue weighted by atomic mass is 9.96. The van der Waals surface area contributed by atoms with Gasteiger partial charge in [-0.1, -0.05) is 0 Å². The maximum atomic E-state index is 3.23. The molecule has 45 valence electrons. The van der Waals surface area contributed by atoms with Crippen molar-refractivity contribution in [3.05, 3.63) is 6.54 Å². The molecule has 3 aliphatic rings. The van der Waals surface area contributed by atoms with Crippen LogP contribution >= 0.6 is 0 Å². The molecule has 1 N–H and O–H groups in total. The molecular formula is C6H11N2. The van der Waals surface area contributed by atoms with Crippen molar-refractivity contribution >= 4 is 0 Å². The Labute approximate surface area is 49.8 Å². The van der Waals surface area contributed by atoms with Crippen molar-refractivity contribution in [2.75, 3.05) is 13.1 Å². The van der Waals surface area contributed by atoms with Gasteiger partial charge in [-0.25, -0.2) is 5.01 Å². The van der Waals surface area contributed by atoms with Crippen LogP contribution < -0.4 is 5.43 Å². The minimum atomic E-state index is 0.875. The summed E-state index contributed by atoms with van der Waals surface area (Å²) in [5.74, 6) is 0.875. The summed E-state index contributed by atoms with van der Waals surface area (Å²) in [6.45, 7) is 4.72. The van der Waals surface area contributed by atoms with Crippen LogP contribution in [0, 0.1) is 12.5 Å². The van der Waals surface area contributed by atoms with Gasteiger partial charge in [-0.15, -0.1) is 0 Å². The molecule has 3 heterocycles. The third kappa shape index (κ3) is 0.644. The standard InChI is InChI=1S/C6H11N2/c1-3-8-4-2-6(1)5-7-8/h5-7H,1-4H2. The highest BCUT2D eigenvalue weighted by Crippen LogP contribution is 2.22. The Morgan fingerprint density at radius 1 is 1.38 bits per heavy atom. The van der Waals surface area contributed by atoms with Gasteiger partial charge in [0.1, 0.15) is 0 Å². The van der Waals surface area contributed by atoms with Crippen LogP contribution in [0.4, 0.5) is 0 Å². The SMILES string of the molecule is [CH]1NN2CCC1CC2. The summed E-state index contributed by atoms with van der Waals surface area (Å²) in [7, 11) is 0. The van der Waals surface area contributed by atoms with Crippen molar-refractivity contribution in [3.8, 4) is 0 Å². The molecule has 3 fully saturated rings. The van der Waals surface area contributed by atoms with Gasteiger partial charge in [0.2, 0.25) is 0 Å². The third-order valence-corrected chi connectivity index (χ3v) is 2.03. The van der Waals surface area contributed by atoms with E-state index < -0.39 is 0 Å². The molecule has 0 aromatic carbocycles. The molecule has 0 aliphatic carbocycles. The molecule has 3 saturated heterocycles. The minimum absolute atomic E-state index is 0.875. The third-order valence-electron chi connectivity index (χ3n) is 2.03. The normalized spacial score (nSPS) is 45.0. The van der Waals surface area contributed by atoms with Crippen molar-refractivity contribution in [2.45, 2.75) is 12.8 Å². The van der Waals surface area contributed by atoms with E-state index in [2.05, 4.69) is 17.0 Å². The fraction of sp³-hybridized carbons (Fsp3) is 0.833. The molecule has 0 unspecified atom stereocenters. The van der Waals surface area contributed by atoms with E-state index in [-0.39, 0.29) is 0 Å². The number of fused-ring (bicyclic) bond motifs is 3. The molecule has 0 aromatic rings. The first-order valence-corrected chi connectivity index (χ1v) is 3.29. The Morgan fingerprint density at radius 2 is 2.12 bits per heavy atom. The number of hydrazine groups is 1. The van der Waals surface area contributed by atoms with Crippen LogP contribution in [0.5, 0.6) is 0 Å². The van der Waals surface area contributed by atoms with Crippen LogP contribution in [0.15, 0.2) is 0 Å². The van der Waals surface area contributed by atoms with Crippen molar-refractivity contribution in [3.63, 3.8) is 0 Å². The topological polar surface area (TPSA) is 15.3 Å². The average Bonchev–Trinajstić information content (AvgIpc) is 1.92. The zero-order valence-electron chi connectivity index (χ0n) is 4.93. The van der Waals surface area contributed by atoms with E-state index >= 15 is 0 Å². The highest BCUT2D eigenvalue weighted by atomic mass is 15.5. The summed E-state index contributed by atoms with van der Waals surface area (Å²) in [5, 5.41) is 2.28. The number of hydrogen-bond donors (Lipinski definition) is 1. The highest BCUT2D eigenvalue weighted by molar-refractivity contribution is 4.85. The first-order valence-electron chi connectivity index (χ1n) is 3.29. The molecule has 2 nitrogen and oxygen atoms in total. The Kier molecular flexibility index (Phi) is 1.02. The van der Waals surface area contributed by atoms with E-state index in [0.717, 1.165) is 5.92 Å².